The first-order valence-electron chi connectivity index (χ1n) is 24.5. The highest BCUT2D eigenvalue weighted by Crippen LogP contribution is 2.48. The fraction of sp³-hybridized carbons (Fsp3) is 0.0299. The zero-order valence-electron chi connectivity index (χ0n) is 39.1. The van der Waals surface area contributed by atoms with Crippen LogP contribution in [0.25, 0.3) is 133 Å². The monoisotopic (exact) mass is 907 g/mol. The van der Waals surface area contributed by atoms with Crippen molar-refractivity contribution in [2.75, 3.05) is 0 Å². The van der Waals surface area contributed by atoms with Crippen LogP contribution in [0.2, 0.25) is 0 Å². The highest BCUT2D eigenvalue weighted by Gasteiger charge is 2.25. The van der Waals surface area contributed by atoms with E-state index in [9.17, 15) is 0 Å². The Morgan fingerprint density at radius 3 is 1.45 bits per heavy atom. The molecule has 0 bridgehead atoms. The maximum absolute atomic E-state index is 6.93. The number of hydrogen-bond acceptors (Lipinski definition) is 2. The zero-order chi connectivity index (χ0) is 47.0. The SMILES string of the molecule is CCc1c(-c2ccccc2)cc(-c2ccccc2)nc1-c1c(-c2ccc3c(c2)c2ccccc2n3-c2ccccc2)ccc2oc3ccc(-c4ccc5c(c4)c4ccccc4n5-c4ccccc4)cc3c12. The van der Waals surface area contributed by atoms with Gasteiger partial charge in [-0.3, -0.25) is 0 Å². The van der Waals surface area contributed by atoms with E-state index < -0.39 is 0 Å². The molecule has 0 unspecified atom stereocenters. The van der Waals surface area contributed by atoms with Gasteiger partial charge in [0.15, 0.2) is 0 Å². The lowest BCUT2D eigenvalue weighted by atomic mass is 9.86. The number of fused-ring (bicyclic) bond motifs is 9. The summed E-state index contributed by atoms with van der Waals surface area (Å²) in [6.07, 6.45) is 0.776. The molecule has 0 spiro atoms. The van der Waals surface area contributed by atoms with Gasteiger partial charge >= 0.3 is 0 Å². The van der Waals surface area contributed by atoms with Gasteiger partial charge in [-0.2, -0.15) is 0 Å². The predicted molar refractivity (Wildman–Crippen MR) is 297 cm³/mol. The molecule has 0 saturated carbocycles. The van der Waals surface area contributed by atoms with Gasteiger partial charge in [0.05, 0.1) is 33.5 Å². The first-order chi connectivity index (χ1) is 35.2. The van der Waals surface area contributed by atoms with E-state index >= 15 is 0 Å². The molecule has 0 aliphatic carbocycles. The standard InChI is InChI=1S/C67H45N3O/c1-2-50-54(43-19-7-3-8-20-43)42-58(44-21-9-4-10-22-44)68-67(50)66-51(47-32-36-62-56(41-47)53-28-16-18-30-60(53)70(62)49-25-13-6-14-26-49)34-38-64-65(66)57-40-46(33-37-63(57)71-64)45-31-35-61-55(39-45)52-27-15-17-29-59(52)69(61)48-23-11-5-12-24-48/h3-42H,2H2,1H3. The van der Waals surface area contributed by atoms with Crippen molar-refractivity contribution in [1.29, 1.82) is 0 Å². The Labute approximate surface area is 411 Å². The second kappa shape index (κ2) is 16.5. The van der Waals surface area contributed by atoms with Crippen molar-refractivity contribution in [2.24, 2.45) is 0 Å². The Bertz CT molecular complexity index is 4350. The van der Waals surface area contributed by atoms with E-state index in [4.69, 9.17) is 9.40 Å². The van der Waals surface area contributed by atoms with Crippen LogP contribution in [0.4, 0.5) is 0 Å². The molecule has 71 heavy (non-hydrogen) atoms. The highest BCUT2D eigenvalue weighted by atomic mass is 16.3. The first kappa shape index (κ1) is 40.8. The Kier molecular flexibility index (Phi) is 9.46. The summed E-state index contributed by atoms with van der Waals surface area (Å²) in [5, 5.41) is 6.96. The summed E-state index contributed by atoms with van der Waals surface area (Å²) in [6, 6.07) is 87.5. The molecule has 0 aliphatic rings. The van der Waals surface area contributed by atoms with Gasteiger partial charge in [0.1, 0.15) is 11.2 Å². The van der Waals surface area contributed by atoms with Gasteiger partial charge in [0.2, 0.25) is 0 Å². The van der Waals surface area contributed by atoms with E-state index in [2.05, 4.69) is 259 Å². The molecule has 4 heterocycles. The minimum absolute atomic E-state index is 0.776. The molecule has 0 saturated heterocycles. The molecule has 0 N–H and O–H groups in total. The summed E-state index contributed by atoms with van der Waals surface area (Å²) in [5.74, 6) is 0. The van der Waals surface area contributed by atoms with E-state index in [1.807, 2.05) is 0 Å². The molecule has 0 radical (unpaired) electrons. The van der Waals surface area contributed by atoms with E-state index in [0.29, 0.717) is 0 Å². The summed E-state index contributed by atoms with van der Waals surface area (Å²) < 4.78 is 11.7. The smallest absolute Gasteiger partial charge is 0.136 e. The number of hydrogen-bond donors (Lipinski definition) is 0. The normalized spacial score (nSPS) is 11.8. The second-order valence-corrected chi connectivity index (χ2v) is 18.5. The van der Waals surface area contributed by atoms with Crippen LogP contribution < -0.4 is 0 Å². The third-order valence-electron chi connectivity index (χ3n) is 14.5. The van der Waals surface area contributed by atoms with Crippen molar-refractivity contribution in [3.63, 3.8) is 0 Å². The number of nitrogens with zero attached hydrogens (tertiary/aromatic N) is 3. The lowest BCUT2D eigenvalue weighted by molar-refractivity contribution is 0.669. The molecule has 334 valence electrons. The van der Waals surface area contributed by atoms with Gasteiger partial charge < -0.3 is 13.6 Å². The molecular formula is C67H45N3O. The number of furan rings is 1. The molecule has 4 nitrogen and oxygen atoms in total. The van der Waals surface area contributed by atoms with Crippen LogP contribution in [0, 0.1) is 0 Å². The summed E-state index contributed by atoms with van der Waals surface area (Å²) >= 11 is 0. The van der Waals surface area contributed by atoms with Crippen molar-refractivity contribution >= 4 is 65.6 Å². The van der Waals surface area contributed by atoms with Crippen molar-refractivity contribution in [1.82, 2.24) is 14.1 Å². The topological polar surface area (TPSA) is 35.9 Å². The molecule has 0 amide bonds. The van der Waals surface area contributed by atoms with Gasteiger partial charge in [0.25, 0.3) is 0 Å². The third kappa shape index (κ3) is 6.56. The van der Waals surface area contributed by atoms with Gasteiger partial charge in [-0.15, -0.1) is 0 Å². The Morgan fingerprint density at radius 1 is 0.366 bits per heavy atom. The molecule has 10 aromatic carbocycles. The third-order valence-corrected chi connectivity index (χ3v) is 14.5. The molecule has 4 heteroatoms. The summed E-state index contributed by atoms with van der Waals surface area (Å²) in [7, 11) is 0. The number of benzene rings is 10. The highest BCUT2D eigenvalue weighted by molar-refractivity contribution is 6.18. The Balaban J connectivity index is 1.06. The fourth-order valence-corrected chi connectivity index (χ4v) is 11.3. The molecule has 14 aromatic rings. The van der Waals surface area contributed by atoms with Crippen LogP contribution in [0.3, 0.4) is 0 Å². The van der Waals surface area contributed by atoms with Gasteiger partial charge in [-0.1, -0.05) is 159 Å². The number of rotatable bonds is 8. The van der Waals surface area contributed by atoms with Gasteiger partial charge in [-0.25, -0.2) is 4.98 Å². The fourth-order valence-electron chi connectivity index (χ4n) is 11.3. The van der Waals surface area contributed by atoms with Crippen molar-refractivity contribution in [2.45, 2.75) is 13.3 Å². The quantitative estimate of drug-likeness (QED) is 0.152. The predicted octanol–water partition coefficient (Wildman–Crippen LogP) is 18.1. The van der Waals surface area contributed by atoms with Crippen LogP contribution in [0.1, 0.15) is 12.5 Å². The minimum atomic E-state index is 0.776. The van der Waals surface area contributed by atoms with E-state index in [1.54, 1.807) is 0 Å². The molecule has 4 aromatic heterocycles. The van der Waals surface area contributed by atoms with Crippen molar-refractivity contribution in [3.05, 3.63) is 248 Å². The van der Waals surface area contributed by atoms with Crippen LogP contribution in [0.5, 0.6) is 0 Å². The first-order valence-corrected chi connectivity index (χ1v) is 24.5. The number of para-hydroxylation sites is 4. The maximum Gasteiger partial charge on any atom is 0.136 e. The average Bonchev–Trinajstić information content (AvgIpc) is 4.11. The largest absolute Gasteiger partial charge is 0.456 e. The zero-order valence-corrected chi connectivity index (χ0v) is 39.1. The van der Waals surface area contributed by atoms with E-state index in [1.165, 1.54) is 49.2 Å². The minimum Gasteiger partial charge on any atom is -0.456 e. The van der Waals surface area contributed by atoms with E-state index in [-0.39, 0.29) is 0 Å². The molecule has 0 atom stereocenters. The van der Waals surface area contributed by atoms with Gasteiger partial charge in [-0.05, 0) is 136 Å². The summed E-state index contributed by atoms with van der Waals surface area (Å²) in [4.78, 5) is 5.77. The average molecular weight is 908 g/mol. The lowest BCUT2D eigenvalue weighted by Crippen LogP contribution is -2.01. The Hall–Kier alpha value is -9.25. The van der Waals surface area contributed by atoms with Crippen LogP contribution >= 0.6 is 0 Å². The van der Waals surface area contributed by atoms with Crippen LogP contribution in [-0.2, 0) is 6.42 Å². The van der Waals surface area contributed by atoms with Crippen molar-refractivity contribution < 1.29 is 4.42 Å². The molecule has 0 aliphatic heterocycles. The molecule has 0 fully saturated rings. The van der Waals surface area contributed by atoms with Crippen LogP contribution in [0.15, 0.2) is 247 Å². The number of aromatic nitrogens is 3. The maximum atomic E-state index is 6.93. The summed E-state index contributed by atoms with van der Waals surface area (Å²) in [5.41, 5.74) is 20.7. The molecular weight excluding hydrogens is 863 g/mol. The van der Waals surface area contributed by atoms with E-state index in [0.717, 1.165) is 95.6 Å². The van der Waals surface area contributed by atoms with Crippen LogP contribution in [-0.4, -0.2) is 14.1 Å². The Morgan fingerprint density at radius 2 is 0.845 bits per heavy atom. The van der Waals surface area contributed by atoms with Gasteiger partial charge in [0, 0.05) is 54.8 Å². The summed E-state index contributed by atoms with van der Waals surface area (Å²) in [6.45, 7) is 2.26. The molecule has 14 rings (SSSR count). The lowest BCUT2D eigenvalue weighted by Gasteiger charge is -2.20. The van der Waals surface area contributed by atoms with Crippen molar-refractivity contribution in [3.8, 4) is 67.3 Å². The second-order valence-electron chi connectivity index (χ2n) is 18.5. The number of pyridine rings is 1.